The van der Waals surface area contributed by atoms with Crippen molar-refractivity contribution in [1.29, 1.82) is 0 Å². The van der Waals surface area contributed by atoms with Gasteiger partial charge >= 0.3 is 5.97 Å². The van der Waals surface area contributed by atoms with Gasteiger partial charge < -0.3 is 21.1 Å². The van der Waals surface area contributed by atoms with E-state index in [1.165, 1.54) is 18.6 Å². The summed E-state index contributed by atoms with van der Waals surface area (Å²) in [6, 6.07) is 8.14. The average molecular weight is 455 g/mol. The van der Waals surface area contributed by atoms with Crippen molar-refractivity contribution >= 4 is 23.3 Å². The first kappa shape index (κ1) is 23.0. The van der Waals surface area contributed by atoms with E-state index in [9.17, 15) is 9.59 Å². The molecule has 1 amide bonds. The molecule has 2 aromatic rings. The lowest BCUT2D eigenvalue weighted by atomic mass is 9.95. The highest BCUT2D eigenvalue weighted by Gasteiger charge is 2.22. The van der Waals surface area contributed by atoms with Crippen molar-refractivity contribution in [2.45, 2.75) is 76.4 Å². The van der Waals surface area contributed by atoms with E-state index in [0.29, 0.717) is 17.1 Å². The molecule has 33 heavy (non-hydrogen) atoms. The Hall–Kier alpha value is -3.16. The number of rotatable bonds is 8. The number of amides is 1. The molecule has 176 valence electrons. The third-order valence-corrected chi connectivity index (χ3v) is 6.49. The number of pyridine rings is 1. The number of hydrogen-bond donors (Lipinski definition) is 4. The number of carboxylic acid groups (broad SMARTS) is 1. The summed E-state index contributed by atoms with van der Waals surface area (Å²) in [5.41, 5.74) is 1.61. The Morgan fingerprint density at radius 2 is 1.58 bits per heavy atom. The van der Waals surface area contributed by atoms with Gasteiger partial charge in [0.05, 0.1) is 23.5 Å². The minimum absolute atomic E-state index is 0.0481. The summed E-state index contributed by atoms with van der Waals surface area (Å²) in [5, 5.41) is 18.7. The third kappa shape index (κ3) is 6.00. The molecule has 2 saturated carbocycles. The fraction of sp³-hybridized carbons (Fsp3) is 0.480. The zero-order valence-electron chi connectivity index (χ0n) is 18.7. The molecule has 0 spiro atoms. The molecular formula is C25H31FN4O3. The maximum atomic E-state index is 15.0. The molecule has 0 atom stereocenters. The topological polar surface area (TPSA) is 103 Å². The van der Waals surface area contributed by atoms with E-state index >= 15 is 4.39 Å². The molecule has 4 rings (SSSR count). The zero-order valence-corrected chi connectivity index (χ0v) is 18.7. The minimum atomic E-state index is -1.13. The molecule has 1 aromatic carbocycles. The highest BCUT2D eigenvalue weighted by Crippen LogP contribution is 2.31. The van der Waals surface area contributed by atoms with Crippen molar-refractivity contribution < 1.29 is 19.1 Å². The van der Waals surface area contributed by atoms with Gasteiger partial charge in [-0.05, 0) is 49.9 Å². The summed E-state index contributed by atoms with van der Waals surface area (Å²) in [7, 11) is 0. The highest BCUT2D eigenvalue weighted by molar-refractivity contribution is 6.00. The Morgan fingerprint density at radius 1 is 0.939 bits per heavy atom. The SMILES string of the molecule is O=C(O)c1cccc(CNC(=O)c2cc(F)c(NC3CCCCC3)cc2NC2CCCC2)n1. The Balaban J connectivity index is 1.53. The minimum Gasteiger partial charge on any atom is -0.477 e. The van der Waals surface area contributed by atoms with Gasteiger partial charge in [0.25, 0.3) is 5.91 Å². The predicted molar refractivity (Wildman–Crippen MR) is 125 cm³/mol. The van der Waals surface area contributed by atoms with E-state index in [4.69, 9.17) is 5.11 Å². The Kier molecular flexibility index (Phi) is 7.42. The maximum Gasteiger partial charge on any atom is 0.354 e. The van der Waals surface area contributed by atoms with Gasteiger partial charge in [-0.3, -0.25) is 4.79 Å². The van der Waals surface area contributed by atoms with Gasteiger partial charge in [-0.1, -0.05) is 38.2 Å². The first-order chi connectivity index (χ1) is 16.0. The van der Waals surface area contributed by atoms with Crippen molar-refractivity contribution in [3.8, 4) is 0 Å². The number of carboxylic acids is 1. The molecule has 0 unspecified atom stereocenters. The lowest BCUT2D eigenvalue weighted by molar-refractivity contribution is 0.0690. The lowest BCUT2D eigenvalue weighted by Gasteiger charge is -2.25. The summed E-state index contributed by atoms with van der Waals surface area (Å²) < 4.78 is 15.0. The summed E-state index contributed by atoms with van der Waals surface area (Å²) >= 11 is 0. The summed E-state index contributed by atoms with van der Waals surface area (Å²) in [4.78, 5) is 28.2. The highest BCUT2D eigenvalue weighted by atomic mass is 19.1. The predicted octanol–water partition coefficient (Wildman–Crippen LogP) is 4.95. The smallest absolute Gasteiger partial charge is 0.354 e. The number of anilines is 2. The quantitative estimate of drug-likeness (QED) is 0.450. The Bertz CT molecular complexity index is 1000. The van der Waals surface area contributed by atoms with Crippen LogP contribution in [0, 0.1) is 5.82 Å². The second-order valence-electron chi connectivity index (χ2n) is 8.98. The second-order valence-corrected chi connectivity index (χ2v) is 8.98. The zero-order chi connectivity index (χ0) is 23.2. The number of nitrogens with zero attached hydrogens (tertiary/aromatic N) is 1. The van der Waals surface area contributed by atoms with Crippen LogP contribution in [0.5, 0.6) is 0 Å². The fourth-order valence-corrected chi connectivity index (χ4v) is 4.71. The van der Waals surface area contributed by atoms with Crippen LogP contribution in [-0.4, -0.2) is 34.1 Å². The van der Waals surface area contributed by atoms with Crippen molar-refractivity contribution in [2.75, 3.05) is 10.6 Å². The van der Waals surface area contributed by atoms with Gasteiger partial charge in [-0.25, -0.2) is 14.2 Å². The maximum absolute atomic E-state index is 15.0. The molecule has 0 aliphatic heterocycles. The molecule has 8 heteroatoms. The molecule has 7 nitrogen and oxygen atoms in total. The number of carbonyl (C=O) groups is 2. The van der Waals surface area contributed by atoms with E-state index in [2.05, 4.69) is 20.9 Å². The van der Waals surface area contributed by atoms with Crippen LogP contribution in [-0.2, 0) is 6.54 Å². The van der Waals surface area contributed by atoms with E-state index in [0.717, 1.165) is 51.4 Å². The van der Waals surface area contributed by atoms with Crippen molar-refractivity contribution in [1.82, 2.24) is 10.3 Å². The molecule has 2 fully saturated rings. The number of hydrogen-bond acceptors (Lipinski definition) is 5. The van der Waals surface area contributed by atoms with Crippen LogP contribution in [0.4, 0.5) is 15.8 Å². The monoisotopic (exact) mass is 454 g/mol. The first-order valence-electron chi connectivity index (χ1n) is 11.8. The molecule has 2 aliphatic carbocycles. The molecule has 1 aromatic heterocycles. The molecular weight excluding hydrogens is 423 g/mol. The molecule has 0 saturated heterocycles. The van der Waals surface area contributed by atoms with Crippen LogP contribution < -0.4 is 16.0 Å². The largest absolute Gasteiger partial charge is 0.477 e. The fourth-order valence-electron chi connectivity index (χ4n) is 4.71. The number of nitrogens with one attached hydrogen (secondary N) is 3. The molecule has 4 N–H and O–H groups in total. The van der Waals surface area contributed by atoms with Gasteiger partial charge in [0.2, 0.25) is 0 Å². The summed E-state index contributed by atoms with van der Waals surface area (Å²) in [6.07, 6.45) is 9.88. The summed E-state index contributed by atoms with van der Waals surface area (Å²) in [6.45, 7) is 0.0481. The van der Waals surface area contributed by atoms with Gasteiger partial charge in [-0.2, -0.15) is 0 Å². The van der Waals surface area contributed by atoms with Gasteiger partial charge in [0, 0.05) is 17.8 Å². The van der Waals surface area contributed by atoms with Crippen molar-refractivity contribution in [2.24, 2.45) is 0 Å². The van der Waals surface area contributed by atoms with E-state index in [-0.39, 0.29) is 29.9 Å². The third-order valence-electron chi connectivity index (χ3n) is 6.49. The number of halogens is 1. The van der Waals surface area contributed by atoms with Crippen LogP contribution in [0.2, 0.25) is 0 Å². The first-order valence-corrected chi connectivity index (χ1v) is 11.8. The molecule has 1 heterocycles. The van der Waals surface area contributed by atoms with Crippen LogP contribution in [0.15, 0.2) is 30.3 Å². The number of aromatic carboxylic acids is 1. The van der Waals surface area contributed by atoms with E-state index in [1.807, 2.05) is 0 Å². The van der Waals surface area contributed by atoms with E-state index < -0.39 is 17.7 Å². The van der Waals surface area contributed by atoms with Crippen LogP contribution in [0.3, 0.4) is 0 Å². The molecule has 0 bridgehead atoms. The van der Waals surface area contributed by atoms with Gasteiger partial charge in [0.15, 0.2) is 0 Å². The second kappa shape index (κ2) is 10.6. The lowest BCUT2D eigenvalue weighted by Crippen LogP contribution is -2.27. The molecule has 2 aliphatic rings. The number of aromatic nitrogens is 1. The average Bonchev–Trinajstić information content (AvgIpc) is 3.33. The van der Waals surface area contributed by atoms with Crippen LogP contribution in [0.1, 0.15) is 84.3 Å². The normalized spacial score (nSPS) is 17.0. The van der Waals surface area contributed by atoms with Crippen molar-refractivity contribution in [3.63, 3.8) is 0 Å². The van der Waals surface area contributed by atoms with Crippen LogP contribution in [0.25, 0.3) is 0 Å². The number of benzene rings is 1. The molecule has 0 radical (unpaired) electrons. The summed E-state index contributed by atoms with van der Waals surface area (Å²) in [5.74, 6) is -2.01. The number of carbonyl (C=O) groups excluding carboxylic acids is 1. The van der Waals surface area contributed by atoms with Gasteiger partial charge in [-0.15, -0.1) is 0 Å². The van der Waals surface area contributed by atoms with Crippen LogP contribution >= 0.6 is 0 Å². The van der Waals surface area contributed by atoms with Gasteiger partial charge in [0.1, 0.15) is 11.5 Å². The standard InChI is InChI=1S/C25H31FN4O3/c26-20-13-19(24(31)27-15-18-11-6-12-21(30-18)25(32)33)22(28-16-9-4-5-10-16)14-23(20)29-17-7-2-1-3-8-17/h6,11-14,16-17,28-29H,1-5,7-10,15H2,(H,27,31)(H,32,33). The Morgan fingerprint density at radius 3 is 2.24 bits per heavy atom. The Labute approximate surface area is 193 Å². The van der Waals surface area contributed by atoms with Crippen molar-refractivity contribution in [3.05, 3.63) is 53.1 Å². The van der Waals surface area contributed by atoms with E-state index in [1.54, 1.807) is 18.2 Å².